The van der Waals surface area contributed by atoms with E-state index in [0.29, 0.717) is 30.5 Å². The minimum absolute atomic E-state index is 0.100. The highest BCUT2D eigenvalue weighted by molar-refractivity contribution is 5.92. The molecule has 0 radical (unpaired) electrons. The van der Waals surface area contributed by atoms with Gasteiger partial charge < -0.3 is 15.2 Å². The second kappa shape index (κ2) is 7.76. The largest absolute Gasteiger partial charge is 0.336 e. The Morgan fingerprint density at radius 2 is 2.00 bits per heavy atom. The summed E-state index contributed by atoms with van der Waals surface area (Å²) in [5.41, 5.74) is 2.73. The summed E-state index contributed by atoms with van der Waals surface area (Å²) in [6, 6.07) is 3.27. The van der Waals surface area contributed by atoms with Crippen LogP contribution in [0.5, 0.6) is 0 Å². The van der Waals surface area contributed by atoms with E-state index in [-0.39, 0.29) is 5.91 Å². The maximum atomic E-state index is 12.4. The lowest BCUT2D eigenvalue weighted by Gasteiger charge is -2.25. The Kier molecular flexibility index (Phi) is 6.33. The zero-order chi connectivity index (χ0) is 15.1. The summed E-state index contributed by atoms with van der Waals surface area (Å²) in [6.45, 7) is 6.36. The van der Waals surface area contributed by atoms with E-state index in [9.17, 15) is 4.79 Å². The third-order valence-corrected chi connectivity index (χ3v) is 2.72. The van der Waals surface area contributed by atoms with Crippen LogP contribution >= 0.6 is 0 Å². The first-order valence-corrected chi connectivity index (χ1v) is 6.68. The fraction of sp³-hybridized carbons (Fsp3) is 0.615. The number of nitrogen functional groups attached to an aromatic ring is 1. The Hall–Kier alpha value is -1.73. The van der Waals surface area contributed by atoms with Gasteiger partial charge in [-0.05, 0) is 32.1 Å². The van der Waals surface area contributed by atoms with E-state index in [4.69, 9.17) is 5.84 Å². The van der Waals surface area contributed by atoms with Gasteiger partial charge in [0.1, 0.15) is 0 Å². The Morgan fingerprint density at radius 3 is 2.45 bits per heavy atom. The van der Waals surface area contributed by atoms with Gasteiger partial charge >= 0.3 is 0 Å². The maximum Gasteiger partial charge on any atom is 0.274 e. The lowest BCUT2D eigenvalue weighted by Crippen LogP contribution is -2.39. The number of hydrazine groups is 1. The average molecular weight is 280 g/mol. The number of nitrogens with two attached hydrogens (primary N) is 1. The molecular weight excluding hydrogens is 256 g/mol. The molecule has 1 amide bonds. The molecule has 112 valence electrons. The molecule has 0 saturated heterocycles. The number of amides is 1. The van der Waals surface area contributed by atoms with E-state index in [2.05, 4.69) is 29.5 Å². The summed E-state index contributed by atoms with van der Waals surface area (Å²) in [5, 5.41) is 7.74. The second-order valence-electron chi connectivity index (χ2n) is 5.40. The Bertz CT molecular complexity index is 417. The Balaban J connectivity index is 2.79. The van der Waals surface area contributed by atoms with Crippen LogP contribution < -0.4 is 11.3 Å². The van der Waals surface area contributed by atoms with Gasteiger partial charge in [-0.1, -0.05) is 13.8 Å². The molecule has 7 nitrogen and oxygen atoms in total. The molecule has 7 heteroatoms. The molecule has 0 spiro atoms. The van der Waals surface area contributed by atoms with E-state index >= 15 is 0 Å². The first-order valence-electron chi connectivity index (χ1n) is 6.68. The predicted molar refractivity (Wildman–Crippen MR) is 79.1 cm³/mol. The van der Waals surface area contributed by atoms with Crippen molar-refractivity contribution in [2.45, 2.75) is 13.8 Å². The number of hydrogen-bond acceptors (Lipinski definition) is 6. The molecule has 0 aliphatic carbocycles. The van der Waals surface area contributed by atoms with Gasteiger partial charge in [0.05, 0.1) is 0 Å². The number of anilines is 1. The summed E-state index contributed by atoms with van der Waals surface area (Å²) in [7, 11) is 3.97. The number of nitrogens with zero attached hydrogens (tertiary/aromatic N) is 4. The zero-order valence-corrected chi connectivity index (χ0v) is 12.6. The van der Waals surface area contributed by atoms with Gasteiger partial charge in [0.15, 0.2) is 11.5 Å². The van der Waals surface area contributed by atoms with Crippen LogP contribution in [0.25, 0.3) is 0 Å². The molecular formula is C13H24N6O. The van der Waals surface area contributed by atoms with Gasteiger partial charge in [-0.2, -0.15) is 0 Å². The van der Waals surface area contributed by atoms with Crippen LogP contribution in [0, 0.1) is 5.92 Å². The highest BCUT2D eigenvalue weighted by Gasteiger charge is 2.18. The first kappa shape index (κ1) is 16.3. The molecule has 0 aliphatic rings. The van der Waals surface area contributed by atoms with Crippen molar-refractivity contribution in [3.63, 3.8) is 0 Å². The fourth-order valence-corrected chi connectivity index (χ4v) is 1.72. The molecule has 1 aromatic rings. The van der Waals surface area contributed by atoms with Gasteiger partial charge in [-0.3, -0.25) is 4.79 Å². The van der Waals surface area contributed by atoms with Gasteiger partial charge in [0.25, 0.3) is 5.91 Å². The lowest BCUT2D eigenvalue weighted by atomic mass is 10.2. The summed E-state index contributed by atoms with van der Waals surface area (Å²) in [5.74, 6) is 5.97. The molecule has 1 rings (SSSR count). The van der Waals surface area contributed by atoms with Gasteiger partial charge in [0.2, 0.25) is 0 Å². The number of aromatic nitrogens is 2. The van der Waals surface area contributed by atoms with Crippen LogP contribution in [0.4, 0.5) is 5.82 Å². The minimum atomic E-state index is -0.100. The van der Waals surface area contributed by atoms with Crippen molar-refractivity contribution in [2.75, 3.05) is 39.2 Å². The molecule has 20 heavy (non-hydrogen) atoms. The number of likely N-dealkylation sites (N-methyl/N-ethyl adjacent to an activating group) is 1. The van der Waals surface area contributed by atoms with Gasteiger partial charge in [-0.15, -0.1) is 10.2 Å². The van der Waals surface area contributed by atoms with Crippen molar-refractivity contribution < 1.29 is 4.79 Å². The normalized spacial score (nSPS) is 10.9. The smallest absolute Gasteiger partial charge is 0.274 e. The van der Waals surface area contributed by atoms with Crippen molar-refractivity contribution in [1.82, 2.24) is 20.0 Å². The number of nitrogens with one attached hydrogen (secondary N) is 1. The SMILES string of the molecule is CC(C)CN(CCN(C)C)C(=O)c1ccc(NN)nn1. The molecule has 1 aromatic heterocycles. The molecule has 0 fully saturated rings. The Labute approximate surface area is 120 Å². The molecule has 1 heterocycles. The van der Waals surface area contributed by atoms with Crippen molar-refractivity contribution in [3.05, 3.63) is 17.8 Å². The predicted octanol–water partition coefficient (Wildman–Crippen LogP) is 0.422. The number of carbonyl (C=O) groups is 1. The standard InChI is InChI=1S/C13H24N6O/c1-10(2)9-19(8-7-18(3)4)13(20)11-5-6-12(15-14)17-16-11/h5-6,10H,7-9,14H2,1-4H3,(H,15,17). The minimum Gasteiger partial charge on any atom is -0.336 e. The van der Waals surface area contributed by atoms with Crippen molar-refractivity contribution in [1.29, 1.82) is 0 Å². The molecule has 0 unspecified atom stereocenters. The number of carbonyl (C=O) groups excluding carboxylic acids is 1. The molecule has 0 bridgehead atoms. The molecule has 0 atom stereocenters. The molecule has 0 aromatic carbocycles. The lowest BCUT2D eigenvalue weighted by molar-refractivity contribution is 0.0717. The van der Waals surface area contributed by atoms with Gasteiger partial charge in [0, 0.05) is 19.6 Å². The molecule has 3 N–H and O–H groups in total. The monoisotopic (exact) mass is 280 g/mol. The average Bonchev–Trinajstić information content (AvgIpc) is 2.42. The van der Waals surface area contributed by atoms with Crippen LogP contribution in [0.15, 0.2) is 12.1 Å². The van der Waals surface area contributed by atoms with E-state index in [1.807, 2.05) is 23.9 Å². The first-order chi connectivity index (χ1) is 9.43. The topological polar surface area (TPSA) is 87.4 Å². The highest BCUT2D eigenvalue weighted by atomic mass is 16.2. The number of hydrogen-bond donors (Lipinski definition) is 2. The van der Waals surface area contributed by atoms with Crippen LogP contribution in [0.1, 0.15) is 24.3 Å². The van der Waals surface area contributed by atoms with E-state index < -0.39 is 0 Å². The van der Waals surface area contributed by atoms with Crippen LogP contribution in [0.2, 0.25) is 0 Å². The Morgan fingerprint density at radius 1 is 1.30 bits per heavy atom. The van der Waals surface area contributed by atoms with E-state index in [0.717, 1.165) is 6.54 Å². The third kappa shape index (κ3) is 5.10. The summed E-state index contributed by atoms with van der Waals surface area (Å²) < 4.78 is 0. The third-order valence-electron chi connectivity index (χ3n) is 2.72. The van der Waals surface area contributed by atoms with Crippen molar-refractivity contribution in [2.24, 2.45) is 11.8 Å². The van der Waals surface area contributed by atoms with Crippen LogP contribution in [-0.2, 0) is 0 Å². The van der Waals surface area contributed by atoms with E-state index in [1.54, 1.807) is 12.1 Å². The fourth-order valence-electron chi connectivity index (χ4n) is 1.72. The van der Waals surface area contributed by atoms with Crippen LogP contribution in [-0.4, -0.2) is 59.6 Å². The van der Waals surface area contributed by atoms with Crippen molar-refractivity contribution in [3.8, 4) is 0 Å². The maximum absolute atomic E-state index is 12.4. The summed E-state index contributed by atoms with van der Waals surface area (Å²) in [6.07, 6.45) is 0. The second-order valence-corrected chi connectivity index (χ2v) is 5.40. The van der Waals surface area contributed by atoms with Crippen LogP contribution in [0.3, 0.4) is 0 Å². The summed E-state index contributed by atoms with van der Waals surface area (Å²) >= 11 is 0. The van der Waals surface area contributed by atoms with Gasteiger partial charge in [-0.25, -0.2) is 5.84 Å². The van der Waals surface area contributed by atoms with E-state index in [1.165, 1.54) is 0 Å². The number of rotatable bonds is 7. The molecule has 0 aliphatic heterocycles. The quantitative estimate of drug-likeness (QED) is 0.556. The highest BCUT2D eigenvalue weighted by Crippen LogP contribution is 2.07. The van der Waals surface area contributed by atoms with Crippen molar-refractivity contribution >= 4 is 11.7 Å². The summed E-state index contributed by atoms with van der Waals surface area (Å²) in [4.78, 5) is 16.3. The molecule has 0 saturated carbocycles. The zero-order valence-electron chi connectivity index (χ0n) is 12.6.